The van der Waals surface area contributed by atoms with Gasteiger partial charge in [-0.05, 0) is 43.2 Å². The lowest BCUT2D eigenvalue weighted by Gasteiger charge is -2.10. The van der Waals surface area contributed by atoms with E-state index in [1.54, 1.807) is 12.4 Å². The predicted molar refractivity (Wildman–Crippen MR) is 113 cm³/mol. The van der Waals surface area contributed by atoms with Crippen molar-refractivity contribution in [2.24, 2.45) is 0 Å². The second-order valence-corrected chi connectivity index (χ2v) is 8.32. The Morgan fingerprint density at radius 3 is 2.84 bits per heavy atom. The number of pyridine rings is 1. The molecule has 9 heteroatoms. The van der Waals surface area contributed by atoms with Gasteiger partial charge in [-0.3, -0.25) is 9.78 Å². The lowest BCUT2D eigenvalue weighted by atomic mass is 10.0. The van der Waals surface area contributed by atoms with Gasteiger partial charge in [-0.2, -0.15) is 0 Å². The van der Waals surface area contributed by atoms with Gasteiger partial charge in [0.25, 0.3) is 0 Å². The van der Waals surface area contributed by atoms with Crippen LogP contribution in [-0.2, 0) is 10.2 Å². The third kappa shape index (κ3) is 3.14. The molecule has 8 nitrogen and oxygen atoms in total. The van der Waals surface area contributed by atoms with Crippen LogP contribution in [0.25, 0.3) is 22.6 Å². The third-order valence-electron chi connectivity index (χ3n) is 5.52. The summed E-state index contributed by atoms with van der Waals surface area (Å²) in [5.74, 6) is 1.84. The number of nitrogens with zero attached hydrogens (tertiary/aromatic N) is 3. The second kappa shape index (κ2) is 6.92. The van der Waals surface area contributed by atoms with Crippen molar-refractivity contribution in [3.8, 4) is 34.1 Å². The van der Waals surface area contributed by atoms with E-state index in [9.17, 15) is 4.79 Å². The van der Waals surface area contributed by atoms with Crippen LogP contribution in [0.3, 0.4) is 0 Å². The summed E-state index contributed by atoms with van der Waals surface area (Å²) in [7, 11) is 0. The molecule has 0 spiro atoms. The molecule has 0 bridgehead atoms. The average Bonchev–Trinajstić information content (AvgIpc) is 3.19. The van der Waals surface area contributed by atoms with E-state index in [0.29, 0.717) is 40.9 Å². The minimum Gasteiger partial charge on any atom is -0.454 e. The van der Waals surface area contributed by atoms with Crippen LogP contribution >= 0.6 is 11.3 Å². The minimum absolute atomic E-state index is 0.120. The average molecular weight is 432 g/mol. The number of carbonyl (C=O) groups excluding carboxylic acids is 1. The number of thiazole rings is 1. The molecule has 1 aliphatic carbocycles. The summed E-state index contributed by atoms with van der Waals surface area (Å²) in [4.78, 5) is 21.7. The van der Waals surface area contributed by atoms with Crippen molar-refractivity contribution in [1.29, 1.82) is 0 Å². The zero-order valence-corrected chi connectivity index (χ0v) is 17.0. The van der Waals surface area contributed by atoms with Crippen LogP contribution < -0.4 is 14.8 Å². The molecule has 154 valence electrons. The first kappa shape index (κ1) is 18.1. The second-order valence-electron chi connectivity index (χ2n) is 7.46. The maximum absolute atomic E-state index is 13.1. The number of fused-ring (bicyclic) bond motifs is 1. The van der Waals surface area contributed by atoms with Gasteiger partial charge in [0, 0.05) is 35.0 Å². The standard InChI is InChI=1S/C22H16N4O4S/c27-20(25-21-24-15(11-31-21)14-2-1-7-23-10-14)22(5-6-22)19-9-17(30-26-19)13-3-4-16-18(8-13)29-12-28-16/h1-4,7-11H,5-6,12H2,(H,24,25,27). The highest BCUT2D eigenvalue weighted by Gasteiger charge is 2.54. The Balaban J connectivity index is 1.21. The molecule has 1 aromatic carbocycles. The van der Waals surface area contributed by atoms with Crippen LogP contribution in [0, 0.1) is 0 Å². The van der Waals surface area contributed by atoms with Crippen LogP contribution in [0.15, 0.2) is 58.7 Å². The van der Waals surface area contributed by atoms with Crippen LogP contribution in [-0.4, -0.2) is 27.8 Å². The molecule has 1 saturated carbocycles. The third-order valence-corrected chi connectivity index (χ3v) is 6.28. The Kier molecular flexibility index (Phi) is 4.03. The van der Waals surface area contributed by atoms with E-state index in [2.05, 4.69) is 20.4 Å². The number of aromatic nitrogens is 3. The smallest absolute Gasteiger partial charge is 0.238 e. The fourth-order valence-corrected chi connectivity index (χ4v) is 4.32. The molecule has 0 saturated heterocycles. The fourth-order valence-electron chi connectivity index (χ4n) is 3.61. The number of hydrogen-bond donors (Lipinski definition) is 1. The van der Waals surface area contributed by atoms with E-state index in [1.165, 1.54) is 11.3 Å². The first-order valence-electron chi connectivity index (χ1n) is 9.76. The van der Waals surface area contributed by atoms with Crippen molar-refractivity contribution < 1.29 is 18.8 Å². The first-order chi connectivity index (χ1) is 15.2. The van der Waals surface area contributed by atoms with Crippen LogP contribution in [0.2, 0.25) is 0 Å². The summed E-state index contributed by atoms with van der Waals surface area (Å²) >= 11 is 1.38. The molecule has 1 amide bonds. The number of benzene rings is 1. The molecule has 6 rings (SSSR count). The molecular formula is C22H16N4O4S. The summed E-state index contributed by atoms with van der Waals surface area (Å²) in [6.07, 6.45) is 4.89. The van der Waals surface area contributed by atoms with Gasteiger partial charge in [-0.1, -0.05) is 5.16 Å². The molecule has 31 heavy (non-hydrogen) atoms. The van der Waals surface area contributed by atoms with Crippen molar-refractivity contribution in [2.45, 2.75) is 18.3 Å². The molecule has 4 heterocycles. The fraction of sp³-hybridized carbons (Fsp3) is 0.182. The molecule has 0 atom stereocenters. The van der Waals surface area contributed by atoms with E-state index in [4.69, 9.17) is 14.0 Å². The van der Waals surface area contributed by atoms with Crippen LogP contribution in [0.5, 0.6) is 11.5 Å². The number of carbonyl (C=O) groups is 1. The summed E-state index contributed by atoms with van der Waals surface area (Å²) in [5, 5.41) is 9.60. The Morgan fingerprint density at radius 2 is 2.00 bits per heavy atom. The van der Waals surface area contributed by atoms with Crippen molar-refractivity contribution >= 4 is 22.4 Å². The van der Waals surface area contributed by atoms with E-state index >= 15 is 0 Å². The zero-order valence-electron chi connectivity index (χ0n) is 16.2. The van der Waals surface area contributed by atoms with Gasteiger partial charge >= 0.3 is 0 Å². The van der Waals surface area contributed by atoms with Crippen LogP contribution in [0.1, 0.15) is 18.5 Å². The Labute approximate surface area is 180 Å². The van der Waals surface area contributed by atoms with Gasteiger partial charge < -0.3 is 19.3 Å². The van der Waals surface area contributed by atoms with Gasteiger partial charge in [0.15, 0.2) is 22.4 Å². The Bertz CT molecular complexity index is 1280. The largest absolute Gasteiger partial charge is 0.454 e. The van der Waals surface area contributed by atoms with E-state index in [1.807, 2.05) is 41.8 Å². The van der Waals surface area contributed by atoms with Crippen LogP contribution in [0.4, 0.5) is 5.13 Å². The quantitative estimate of drug-likeness (QED) is 0.503. The minimum atomic E-state index is -0.682. The lowest BCUT2D eigenvalue weighted by Crippen LogP contribution is -2.28. The normalized spacial score (nSPS) is 15.6. The van der Waals surface area contributed by atoms with Gasteiger partial charge in [0.1, 0.15) is 0 Å². The van der Waals surface area contributed by atoms with E-state index in [-0.39, 0.29) is 12.7 Å². The van der Waals surface area contributed by atoms with E-state index in [0.717, 1.165) is 16.8 Å². The summed E-state index contributed by atoms with van der Waals surface area (Å²) in [6.45, 7) is 0.211. The van der Waals surface area contributed by atoms with Crippen molar-refractivity contribution in [3.05, 3.63) is 59.9 Å². The summed E-state index contributed by atoms with van der Waals surface area (Å²) in [5.41, 5.74) is 2.45. The van der Waals surface area contributed by atoms with Crippen molar-refractivity contribution in [1.82, 2.24) is 15.1 Å². The number of amides is 1. The molecule has 1 fully saturated rings. The molecule has 1 N–H and O–H groups in total. The molecule has 2 aliphatic rings. The number of anilines is 1. The summed E-state index contributed by atoms with van der Waals surface area (Å²) in [6, 6.07) is 11.2. The number of rotatable bonds is 5. The van der Waals surface area contributed by atoms with Gasteiger partial charge in [-0.25, -0.2) is 4.98 Å². The number of hydrogen-bond acceptors (Lipinski definition) is 8. The zero-order chi connectivity index (χ0) is 20.8. The number of ether oxygens (including phenoxy) is 2. The van der Waals surface area contributed by atoms with Gasteiger partial charge in [0.2, 0.25) is 12.7 Å². The lowest BCUT2D eigenvalue weighted by molar-refractivity contribution is -0.118. The molecule has 3 aromatic heterocycles. The van der Waals surface area contributed by atoms with Gasteiger partial charge in [-0.15, -0.1) is 11.3 Å². The SMILES string of the molecule is O=C(Nc1nc(-c2cccnc2)cs1)C1(c2cc(-c3ccc4c(c3)OCO4)on2)CC1. The number of nitrogens with one attached hydrogen (secondary N) is 1. The topological polar surface area (TPSA) is 99.4 Å². The van der Waals surface area contributed by atoms with Crippen molar-refractivity contribution in [3.63, 3.8) is 0 Å². The maximum atomic E-state index is 13.1. The maximum Gasteiger partial charge on any atom is 0.238 e. The highest BCUT2D eigenvalue weighted by atomic mass is 32.1. The Morgan fingerprint density at radius 1 is 1.10 bits per heavy atom. The molecule has 0 radical (unpaired) electrons. The summed E-state index contributed by atoms with van der Waals surface area (Å²) < 4.78 is 16.3. The van der Waals surface area contributed by atoms with E-state index < -0.39 is 5.41 Å². The first-order valence-corrected chi connectivity index (χ1v) is 10.6. The monoisotopic (exact) mass is 432 g/mol. The highest BCUT2D eigenvalue weighted by Crippen LogP contribution is 2.49. The van der Waals surface area contributed by atoms with Gasteiger partial charge in [0.05, 0.1) is 16.8 Å². The molecule has 0 unspecified atom stereocenters. The Hall–Kier alpha value is -3.72. The highest BCUT2D eigenvalue weighted by molar-refractivity contribution is 7.14. The predicted octanol–water partition coefficient (Wildman–Crippen LogP) is 4.26. The molecule has 1 aliphatic heterocycles. The molecule has 4 aromatic rings. The molecular weight excluding hydrogens is 416 g/mol. The van der Waals surface area contributed by atoms with Crippen molar-refractivity contribution in [2.75, 3.05) is 12.1 Å².